The number of halogens is 1. The van der Waals surface area contributed by atoms with E-state index in [9.17, 15) is 13.5 Å². The molecule has 1 aromatic heterocycles. The number of nitrogens with zero attached hydrogens (tertiary/aromatic N) is 2. The average molecular weight is 553 g/mol. The van der Waals surface area contributed by atoms with Crippen molar-refractivity contribution in [1.29, 1.82) is 0 Å². The first-order valence-corrected chi connectivity index (χ1v) is 14.6. The molecule has 0 saturated carbocycles. The van der Waals surface area contributed by atoms with E-state index in [4.69, 9.17) is 21.1 Å². The van der Waals surface area contributed by atoms with Crippen LogP contribution in [0.4, 0.5) is 0 Å². The van der Waals surface area contributed by atoms with E-state index in [0.717, 1.165) is 30.5 Å². The van der Waals surface area contributed by atoms with Crippen LogP contribution in [-0.4, -0.2) is 49.2 Å². The molecular formula is C26H33ClN2O5S2. The highest BCUT2D eigenvalue weighted by Crippen LogP contribution is 2.31. The highest BCUT2D eigenvalue weighted by molar-refractivity contribution is 7.89. The smallest absolute Gasteiger partial charge is 0.243 e. The van der Waals surface area contributed by atoms with E-state index in [1.165, 1.54) is 21.3 Å². The molecule has 0 aliphatic carbocycles. The van der Waals surface area contributed by atoms with Crippen LogP contribution in [0.2, 0.25) is 5.02 Å². The van der Waals surface area contributed by atoms with Gasteiger partial charge in [-0.3, -0.25) is 0 Å². The Hall–Kier alpha value is -2.17. The van der Waals surface area contributed by atoms with Gasteiger partial charge in [-0.25, -0.2) is 13.4 Å². The van der Waals surface area contributed by atoms with Gasteiger partial charge in [-0.2, -0.15) is 4.31 Å². The number of benzene rings is 2. The number of hydrogen-bond donors (Lipinski definition) is 1. The van der Waals surface area contributed by atoms with Crippen molar-refractivity contribution < 1.29 is 23.0 Å². The summed E-state index contributed by atoms with van der Waals surface area (Å²) < 4.78 is 40.1. The van der Waals surface area contributed by atoms with Crippen molar-refractivity contribution in [2.45, 2.75) is 57.0 Å². The Morgan fingerprint density at radius 2 is 1.92 bits per heavy atom. The van der Waals surface area contributed by atoms with Crippen molar-refractivity contribution in [1.82, 2.24) is 9.29 Å². The van der Waals surface area contributed by atoms with Gasteiger partial charge in [0.1, 0.15) is 0 Å². The Morgan fingerprint density at radius 1 is 1.17 bits per heavy atom. The summed E-state index contributed by atoms with van der Waals surface area (Å²) in [4.78, 5) is 5.57. The van der Waals surface area contributed by atoms with E-state index in [-0.39, 0.29) is 18.0 Å². The van der Waals surface area contributed by atoms with Gasteiger partial charge in [0.2, 0.25) is 10.0 Å². The summed E-state index contributed by atoms with van der Waals surface area (Å²) in [5.41, 5.74) is 3.56. The lowest BCUT2D eigenvalue weighted by Crippen LogP contribution is -2.42. The number of methoxy groups -OCH3 is 1. The van der Waals surface area contributed by atoms with Crippen LogP contribution in [0.3, 0.4) is 0 Å². The molecule has 10 heteroatoms. The van der Waals surface area contributed by atoms with Crippen molar-refractivity contribution >= 4 is 33.0 Å². The third-order valence-electron chi connectivity index (χ3n) is 5.93. The molecule has 1 atom stereocenters. The molecule has 0 radical (unpaired) electrons. The van der Waals surface area contributed by atoms with E-state index in [0.29, 0.717) is 29.5 Å². The Kier molecular flexibility index (Phi) is 10.6. The van der Waals surface area contributed by atoms with Crippen molar-refractivity contribution in [3.63, 3.8) is 0 Å². The van der Waals surface area contributed by atoms with Gasteiger partial charge in [-0.1, -0.05) is 37.4 Å². The Labute approximate surface area is 222 Å². The predicted octanol–water partition coefficient (Wildman–Crippen LogP) is 5.48. The number of ether oxygens (including phenoxy) is 2. The summed E-state index contributed by atoms with van der Waals surface area (Å²) in [5.74, 6) is 1.10. The Bertz CT molecular complexity index is 1220. The maximum absolute atomic E-state index is 13.6. The molecule has 0 saturated heterocycles. The van der Waals surface area contributed by atoms with E-state index in [1.807, 2.05) is 25.4 Å². The fraction of sp³-hybridized carbons (Fsp3) is 0.423. The average Bonchev–Trinajstić information content (AvgIpc) is 3.28. The molecule has 0 amide bonds. The van der Waals surface area contributed by atoms with Crippen LogP contribution >= 0.6 is 22.9 Å². The Morgan fingerprint density at radius 3 is 2.53 bits per heavy atom. The van der Waals surface area contributed by atoms with Gasteiger partial charge < -0.3 is 14.6 Å². The molecule has 7 nitrogen and oxygen atoms in total. The quantitative estimate of drug-likeness (QED) is 0.285. The summed E-state index contributed by atoms with van der Waals surface area (Å²) in [6, 6.07) is 10.9. The third kappa shape index (κ3) is 7.20. The van der Waals surface area contributed by atoms with Gasteiger partial charge in [0, 0.05) is 28.9 Å². The number of rotatable bonds is 14. The third-order valence-corrected chi connectivity index (χ3v) is 9.09. The number of hydrogen-bond acceptors (Lipinski definition) is 7. The molecule has 1 unspecified atom stereocenters. The number of aliphatic hydroxyl groups is 1. The van der Waals surface area contributed by atoms with Crippen molar-refractivity contribution in [3.05, 3.63) is 69.1 Å². The van der Waals surface area contributed by atoms with Gasteiger partial charge in [-0.05, 0) is 55.3 Å². The second kappa shape index (κ2) is 13.4. The topological polar surface area (TPSA) is 89.0 Å². The summed E-state index contributed by atoms with van der Waals surface area (Å²) in [5, 5.41) is 10.6. The molecule has 1 N–H and O–H groups in total. The molecule has 3 rings (SSSR count). The number of thiazole rings is 1. The monoisotopic (exact) mass is 552 g/mol. The lowest BCUT2D eigenvalue weighted by molar-refractivity contribution is 0.173. The molecule has 0 fully saturated rings. The molecule has 2 aromatic carbocycles. The number of sulfonamides is 1. The van der Waals surface area contributed by atoms with Crippen LogP contribution in [-0.2, 0) is 23.0 Å². The van der Waals surface area contributed by atoms with Crippen LogP contribution in [0, 0.1) is 6.92 Å². The minimum Gasteiger partial charge on any atom is -0.493 e. The summed E-state index contributed by atoms with van der Waals surface area (Å²) in [7, 11) is -2.34. The van der Waals surface area contributed by atoms with Crippen LogP contribution in [0.15, 0.2) is 52.9 Å². The normalized spacial score (nSPS) is 12.6. The predicted molar refractivity (Wildman–Crippen MR) is 144 cm³/mol. The van der Waals surface area contributed by atoms with Crippen molar-refractivity contribution in [2.24, 2.45) is 0 Å². The van der Waals surface area contributed by atoms with E-state index < -0.39 is 16.1 Å². The van der Waals surface area contributed by atoms with Crippen LogP contribution in [0.25, 0.3) is 0 Å². The van der Waals surface area contributed by atoms with Crippen LogP contribution in [0.5, 0.6) is 11.5 Å². The number of aliphatic hydroxyl groups excluding tert-OH is 1. The molecule has 3 aromatic rings. The highest BCUT2D eigenvalue weighted by Gasteiger charge is 2.31. The first-order chi connectivity index (χ1) is 17.3. The second-order valence-electron chi connectivity index (χ2n) is 8.43. The zero-order chi connectivity index (χ0) is 26.1. The largest absolute Gasteiger partial charge is 0.493 e. The van der Waals surface area contributed by atoms with Gasteiger partial charge in [0.15, 0.2) is 11.5 Å². The number of aromatic nitrogens is 1. The fourth-order valence-corrected chi connectivity index (χ4v) is 6.37. The zero-order valence-electron chi connectivity index (χ0n) is 20.8. The number of aryl methyl sites for hydroxylation is 1. The number of unbranched alkanes of at least 4 members (excludes halogenated alkanes) is 1. The molecule has 0 spiro atoms. The van der Waals surface area contributed by atoms with Gasteiger partial charge in [0.25, 0.3) is 0 Å². The van der Waals surface area contributed by atoms with Gasteiger partial charge in [-0.15, -0.1) is 11.3 Å². The molecule has 36 heavy (non-hydrogen) atoms. The summed E-state index contributed by atoms with van der Waals surface area (Å²) in [6.45, 7) is 4.29. The molecule has 1 heterocycles. The van der Waals surface area contributed by atoms with Gasteiger partial charge >= 0.3 is 0 Å². The van der Waals surface area contributed by atoms with E-state index >= 15 is 0 Å². The first kappa shape index (κ1) is 28.4. The van der Waals surface area contributed by atoms with E-state index in [1.54, 1.807) is 42.7 Å². The molecule has 196 valence electrons. The van der Waals surface area contributed by atoms with Crippen LogP contribution < -0.4 is 9.47 Å². The minimum atomic E-state index is -3.89. The van der Waals surface area contributed by atoms with E-state index in [2.05, 4.69) is 4.98 Å². The second-order valence-corrected chi connectivity index (χ2v) is 11.7. The van der Waals surface area contributed by atoms with Crippen molar-refractivity contribution in [3.8, 4) is 11.5 Å². The molecule has 0 bridgehead atoms. The maximum atomic E-state index is 13.6. The maximum Gasteiger partial charge on any atom is 0.243 e. The first-order valence-electron chi connectivity index (χ1n) is 11.9. The zero-order valence-corrected chi connectivity index (χ0v) is 23.2. The lowest BCUT2D eigenvalue weighted by atomic mass is 10.1. The van der Waals surface area contributed by atoms with Gasteiger partial charge in [0.05, 0.1) is 36.4 Å². The molecule has 0 aliphatic rings. The molecule has 0 aliphatic heterocycles. The lowest BCUT2D eigenvalue weighted by Gasteiger charge is -2.30. The minimum absolute atomic E-state index is 0.0800. The fourth-order valence-electron chi connectivity index (χ4n) is 3.85. The SMILES string of the molecule is CCCCC(CO)N(Cc1ccc(OCCc2scnc2C)c(OC)c1)S(=O)(=O)c1ccc(Cl)cc1. The Balaban J connectivity index is 1.84. The summed E-state index contributed by atoms with van der Waals surface area (Å²) >= 11 is 7.58. The van der Waals surface area contributed by atoms with Crippen LogP contribution in [0.1, 0.15) is 42.3 Å². The highest BCUT2D eigenvalue weighted by atomic mass is 35.5. The summed E-state index contributed by atoms with van der Waals surface area (Å²) in [6.07, 6.45) is 2.98. The molecular weight excluding hydrogens is 520 g/mol. The standard InChI is InChI=1S/C26H33ClN2O5S2/c1-4-5-6-22(17-30)29(36(31,32)23-10-8-21(27)9-11-23)16-20-7-12-24(25(15-20)33-3)34-14-13-26-19(2)28-18-35-26/h7-12,15,18,22,30H,4-6,13-14,16-17H2,1-3H3. The van der Waals surface area contributed by atoms with Crippen molar-refractivity contribution in [2.75, 3.05) is 20.3 Å².